The molecule has 80 valence electrons. The number of likely N-dealkylation sites (tertiary alicyclic amines) is 1. The van der Waals surface area contributed by atoms with Crippen LogP contribution in [-0.4, -0.2) is 57.4 Å². The summed E-state index contributed by atoms with van der Waals surface area (Å²) in [5.41, 5.74) is -1.55. The quantitative estimate of drug-likeness (QED) is 0.452. The van der Waals surface area contributed by atoms with Gasteiger partial charge < -0.3 is 15.3 Å². The van der Waals surface area contributed by atoms with Gasteiger partial charge in [-0.2, -0.15) is 0 Å². The van der Waals surface area contributed by atoms with Gasteiger partial charge in [-0.1, -0.05) is 0 Å². The SMILES string of the molecule is O=C1CCC(=O)N1C(CO)(CO)CO. The number of aliphatic hydroxyl groups is 3. The summed E-state index contributed by atoms with van der Waals surface area (Å²) in [7, 11) is 0. The fourth-order valence-corrected chi connectivity index (χ4v) is 1.47. The number of amides is 2. The lowest BCUT2D eigenvalue weighted by atomic mass is 10.0. The Kier molecular flexibility index (Phi) is 3.20. The molecule has 0 aromatic carbocycles. The summed E-state index contributed by atoms with van der Waals surface area (Å²) < 4.78 is 0. The van der Waals surface area contributed by atoms with Crippen LogP contribution in [0, 0.1) is 0 Å². The number of carbonyl (C=O) groups excluding carboxylic acids is 2. The van der Waals surface area contributed by atoms with Gasteiger partial charge in [-0.05, 0) is 0 Å². The van der Waals surface area contributed by atoms with Crippen molar-refractivity contribution in [3.63, 3.8) is 0 Å². The normalized spacial score (nSPS) is 18.1. The Morgan fingerprint density at radius 3 is 1.64 bits per heavy atom. The molecular formula is C8H13NO5. The first-order valence-electron chi connectivity index (χ1n) is 4.30. The zero-order chi connectivity index (χ0) is 10.8. The van der Waals surface area contributed by atoms with Gasteiger partial charge in [0.2, 0.25) is 11.8 Å². The smallest absolute Gasteiger partial charge is 0.230 e. The molecule has 2 amide bonds. The van der Waals surface area contributed by atoms with E-state index >= 15 is 0 Å². The number of aliphatic hydroxyl groups excluding tert-OH is 3. The van der Waals surface area contributed by atoms with Gasteiger partial charge in [-0.25, -0.2) is 0 Å². The molecule has 0 spiro atoms. The van der Waals surface area contributed by atoms with Crippen molar-refractivity contribution in [3.8, 4) is 0 Å². The Morgan fingerprint density at radius 2 is 1.36 bits per heavy atom. The van der Waals surface area contributed by atoms with Gasteiger partial charge in [-0.3, -0.25) is 14.5 Å². The molecule has 1 aliphatic heterocycles. The van der Waals surface area contributed by atoms with Crippen LogP contribution >= 0.6 is 0 Å². The van der Waals surface area contributed by atoms with E-state index in [0.717, 1.165) is 4.90 Å². The number of nitrogens with zero attached hydrogens (tertiary/aromatic N) is 1. The van der Waals surface area contributed by atoms with Crippen LogP contribution in [0.25, 0.3) is 0 Å². The molecule has 0 atom stereocenters. The van der Waals surface area contributed by atoms with Crippen molar-refractivity contribution in [1.82, 2.24) is 4.90 Å². The molecule has 0 radical (unpaired) electrons. The standard InChI is InChI=1S/C8H13NO5/c10-3-8(4-11,5-12)9-6(13)1-2-7(9)14/h10-12H,1-5H2. The topological polar surface area (TPSA) is 98.1 Å². The van der Waals surface area contributed by atoms with E-state index in [9.17, 15) is 9.59 Å². The van der Waals surface area contributed by atoms with Gasteiger partial charge >= 0.3 is 0 Å². The fourth-order valence-electron chi connectivity index (χ4n) is 1.47. The summed E-state index contributed by atoms with van der Waals surface area (Å²) in [6, 6.07) is 0. The molecule has 0 aromatic heterocycles. The Hall–Kier alpha value is -0.980. The largest absolute Gasteiger partial charge is 0.394 e. The minimum Gasteiger partial charge on any atom is -0.394 e. The summed E-state index contributed by atoms with van der Waals surface area (Å²) in [6.45, 7) is -1.92. The highest BCUT2D eigenvalue weighted by atomic mass is 16.3. The van der Waals surface area contributed by atoms with E-state index in [1.807, 2.05) is 0 Å². The third-order valence-electron chi connectivity index (χ3n) is 2.41. The second kappa shape index (κ2) is 4.04. The van der Waals surface area contributed by atoms with Gasteiger partial charge in [0.1, 0.15) is 5.54 Å². The number of hydrogen-bond donors (Lipinski definition) is 3. The number of hydrogen-bond acceptors (Lipinski definition) is 5. The Labute approximate surface area is 80.8 Å². The fraction of sp³-hybridized carbons (Fsp3) is 0.750. The van der Waals surface area contributed by atoms with Gasteiger partial charge in [-0.15, -0.1) is 0 Å². The highest BCUT2D eigenvalue weighted by molar-refractivity contribution is 6.02. The first-order chi connectivity index (χ1) is 6.61. The molecule has 0 saturated carbocycles. The molecule has 0 aromatic rings. The molecule has 0 unspecified atom stereocenters. The number of imide groups is 1. The summed E-state index contributed by atoms with van der Waals surface area (Å²) in [4.78, 5) is 23.3. The van der Waals surface area contributed by atoms with Crippen LogP contribution in [0.4, 0.5) is 0 Å². The van der Waals surface area contributed by atoms with Crippen LogP contribution in [0.1, 0.15) is 12.8 Å². The van der Waals surface area contributed by atoms with Crippen LogP contribution in [0.15, 0.2) is 0 Å². The molecule has 3 N–H and O–H groups in total. The molecule has 1 rings (SSSR count). The van der Waals surface area contributed by atoms with Gasteiger partial charge in [0, 0.05) is 12.8 Å². The third kappa shape index (κ3) is 1.52. The van der Waals surface area contributed by atoms with E-state index in [4.69, 9.17) is 15.3 Å². The average Bonchev–Trinajstić information content (AvgIpc) is 2.53. The molecule has 6 heteroatoms. The molecule has 1 fully saturated rings. The van der Waals surface area contributed by atoms with Crippen LogP contribution in [-0.2, 0) is 9.59 Å². The maximum atomic E-state index is 11.3. The predicted molar refractivity (Wildman–Crippen MR) is 45.1 cm³/mol. The maximum Gasteiger partial charge on any atom is 0.230 e. The van der Waals surface area contributed by atoms with Crippen molar-refractivity contribution in [2.24, 2.45) is 0 Å². The number of rotatable bonds is 4. The van der Waals surface area contributed by atoms with Crippen molar-refractivity contribution in [3.05, 3.63) is 0 Å². The van der Waals surface area contributed by atoms with E-state index < -0.39 is 37.2 Å². The van der Waals surface area contributed by atoms with Crippen molar-refractivity contribution in [1.29, 1.82) is 0 Å². The zero-order valence-electron chi connectivity index (χ0n) is 7.64. The summed E-state index contributed by atoms with van der Waals surface area (Å²) in [5, 5.41) is 27.0. The van der Waals surface area contributed by atoms with Crippen molar-refractivity contribution in [2.45, 2.75) is 18.4 Å². The minimum atomic E-state index is -1.55. The molecule has 1 heterocycles. The summed E-state index contributed by atoms with van der Waals surface area (Å²) >= 11 is 0. The van der Waals surface area contributed by atoms with E-state index in [1.165, 1.54) is 0 Å². The first kappa shape index (κ1) is 11.1. The van der Waals surface area contributed by atoms with Gasteiger partial charge in [0.15, 0.2) is 0 Å². The second-order valence-electron chi connectivity index (χ2n) is 3.32. The molecule has 6 nitrogen and oxygen atoms in total. The first-order valence-corrected chi connectivity index (χ1v) is 4.30. The maximum absolute atomic E-state index is 11.3. The zero-order valence-corrected chi connectivity index (χ0v) is 7.64. The molecule has 0 aliphatic carbocycles. The molecule has 1 aliphatic rings. The van der Waals surface area contributed by atoms with Gasteiger partial charge in [0.05, 0.1) is 19.8 Å². The van der Waals surface area contributed by atoms with Gasteiger partial charge in [0.25, 0.3) is 0 Å². The van der Waals surface area contributed by atoms with Crippen LogP contribution < -0.4 is 0 Å². The number of carbonyl (C=O) groups is 2. The van der Waals surface area contributed by atoms with Crippen molar-refractivity contribution < 1.29 is 24.9 Å². The average molecular weight is 203 g/mol. The third-order valence-corrected chi connectivity index (χ3v) is 2.41. The highest BCUT2D eigenvalue weighted by Crippen LogP contribution is 2.23. The van der Waals surface area contributed by atoms with E-state index in [2.05, 4.69) is 0 Å². The molecule has 0 bridgehead atoms. The Bertz CT molecular complexity index is 224. The minimum absolute atomic E-state index is 0.0700. The summed E-state index contributed by atoms with van der Waals surface area (Å²) in [6.07, 6.45) is 0.140. The van der Waals surface area contributed by atoms with E-state index in [1.54, 1.807) is 0 Å². The Balaban J connectivity index is 2.97. The lowest BCUT2D eigenvalue weighted by molar-refractivity contribution is -0.153. The van der Waals surface area contributed by atoms with Crippen molar-refractivity contribution >= 4 is 11.8 Å². The second-order valence-corrected chi connectivity index (χ2v) is 3.32. The summed E-state index contributed by atoms with van der Waals surface area (Å²) in [5.74, 6) is -0.931. The molecule has 1 saturated heterocycles. The van der Waals surface area contributed by atoms with E-state index in [-0.39, 0.29) is 12.8 Å². The highest BCUT2D eigenvalue weighted by Gasteiger charge is 2.45. The van der Waals surface area contributed by atoms with E-state index in [0.29, 0.717) is 0 Å². The molecule has 14 heavy (non-hydrogen) atoms. The van der Waals surface area contributed by atoms with Crippen molar-refractivity contribution in [2.75, 3.05) is 19.8 Å². The molecular weight excluding hydrogens is 190 g/mol. The lowest BCUT2D eigenvalue weighted by Gasteiger charge is -2.35. The lowest BCUT2D eigenvalue weighted by Crippen LogP contribution is -2.59. The monoisotopic (exact) mass is 203 g/mol. The van der Waals surface area contributed by atoms with Crippen LogP contribution in [0.2, 0.25) is 0 Å². The van der Waals surface area contributed by atoms with Crippen LogP contribution in [0.3, 0.4) is 0 Å². The Morgan fingerprint density at radius 1 is 1.00 bits per heavy atom. The predicted octanol–water partition coefficient (Wildman–Crippen LogP) is -2.15. The van der Waals surface area contributed by atoms with Crippen LogP contribution in [0.5, 0.6) is 0 Å².